The topological polar surface area (TPSA) is 29.6 Å². The summed E-state index contributed by atoms with van der Waals surface area (Å²) in [5.74, 6) is 0.238. The summed E-state index contributed by atoms with van der Waals surface area (Å²) in [6, 6.07) is 0. The largest absolute Gasteiger partial charge is 0.354 e. The summed E-state index contributed by atoms with van der Waals surface area (Å²) in [7, 11) is 0. The van der Waals surface area contributed by atoms with Crippen LogP contribution in [0.15, 0.2) is 23.3 Å². The first kappa shape index (κ1) is 12.6. The molecule has 1 aliphatic carbocycles. The highest BCUT2D eigenvalue weighted by Gasteiger charge is 2.67. The van der Waals surface area contributed by atoms with Crippen LogP contribution in [0.1, 0.15) is 53.4 Å². The molecule has 1 saturated heterocycles. The SMILES string of the molecule is C/C1=C\CC2(OC2(C)C)C(=O)C/C(C)=C/CC1. The number of carbonyl (C=O) groups is 1. The van der Waals surface area contributed by atoms with Crippen molar-refractivity contribution in [3.05, 3.63) is 23.3 Å². The van der Waals surface area contributed by atoms with Crippen molar-refractivity contribution in [3.8, 4) is 0 Å². The lowest BCUT2D eigenvalue weighted by Gasteiger charge is -2.14. The lowest BCUT2D eigenvalue weighted by Crippen LogP contribution is -2.31. The van der Waals surface area contributed by atoms with Crippen LogP contribution in [-0.4, -0.2) is 17.0 Å². The van der Waals surface area contributed by atoms with E-state index in [0.29, 0.717) is 6.42 Å². The molecular formula is C15H22O2. The second kappa shape index (κ2) is 4.09. The van der Waals surface area contributed by atoms with Crippen LogP contribution in [0.2, 0.25) is 0 Å². The molecule has 0 saturated carbocycles. The van der Waals surface area contributed by atoms with Gasteiger partial charge >= 0.3 is 0 Å². The number of ether oxygens (including phenoxy) is 1. The zero-order chi connectivity index (χ0) is 12.7. The first-order chi connectivity index (χ1) is 7.87. The fourth-order valence-electron chi connectivity index (χ4n) is 2.64. The summed E-state index contributed by atoms with van der Waals surface area (Å²) in [6.45, 7) is 8.21. The van der Waals surface area contributed by atoms with Gasteiger partial charge in [0.2, 0.25) is 0 Å². The highest BCUT2D eigenvalue weighted by atomic mass is 16.6. The van der Waals surface area contributed by atoms with E-state index in [1.165, 1.54) is 11.1 Å². The van der Waals surface area contributed by atoms with Crippen LogP contribution in [0.3, 0.4) is 0 Å². The Labute approximate surface area is 104 Å². The molecule has 2 nitrogen and oxygen atoms in total. The van der Waals surface area contributed by atoms with Gasteiger partial charge in [0.25, 0.3) is 0 Å². The predicted molar refractivity (Wildman–Crippen MR) is 68.9 cm³/mol. The molecule has 0 N–H and O–H groups in total. The van der Waals surface area contributed by atoms with E-state index in [0.717, 1.165) is 19.3 Å². The van der Waals surface area contributed by atoms with Crippen molar-refractivity contribution in [1.29, 1.82) is 0 Å². The van der Waals surface area contributed by atoms with Crippen molar-refractivity contribution in [2.45, 2.75) is 64.6 Å². The molecule has 1 unspecified atom stereocenters. The molecule has 1 aliphatic heterocycles. The van der Waals surface area contributed by atoms with Gasteiger partial charge < -0.3 is 4.74 Å². The zero-order valence-electron chi connectivity index (χ0n) is 11.3. The van der Waals surface area contributed by atoms with E-state index in [1.807, 2.05) is 20.8 Å². The number of hydrogen-bond acceptors (Lipinski definition) is 2. The number of epoxide rings is 1. The maximum absolute atomic E-state index is 12.4. The summed E-state index contributed by atoms with van der Waals surface area (Å²) < 4.78 is 5.75. The number of rotatable bonds is 0. The van der Waals surface area contributed by atoms with E-state index in [2.05, 4.69) is 19.1 Å². The molecule has 0 aromatic heterocycles. The fraction of sp³-hybridized carbons (Fsp3) is 0.667. The van der Waals surface area contributed by atoms with Gasteiger partial charge in [-0.2, -0.15) is 0 Å². The molecule has 2 heteroatoms. The molecule has 94 valence electrons. The van der Waals surface area contributed by atoms with Crippen LogP contribution in [0, 0.1) is 0 Å². The van der Waals surface area contributed by atoms with Crippen LogP contribution in [0.5, 0.6) is 0 Å². The van der Waals surface area contributed by atoms with Gasteiger partial charge in [0.15, 0.2) is 11.4 Å². The predicted octanol–water partition coefficient (Wildman–Crippen LogP) is 3.57. The normalized spacial score (nSPS) is 39.2. The van der Waals surface area contributed by atoms with E-state index >= 15 is 0 Å². The van der Waals surface area contributed by atoms with Crippen molar-refractivity contribution >= 4 is 5.78 Å². The molecular weight excluding hydrogens is 212 g/mol. The van der Waals surface area contributed by atoms with E-state index in [1.54, 1.807) is 0 Å². The molecule has 1 atom stereocenters. The third kappa shape index (κ3) is 2.23. The Hall–Kier alpha value is -0.890. The lowest BCUT2D eigenvalue weighted by molar-refractivity contribution is -0.123. The van der Waals surface area contributed by atoms with E-state index in [9.17, 15) is 4.79 Å². The molecule has 1 fully saturated rings. The fourth-order valence-corrected chi connectivity index (χ4v) is 2.64. The monoisotopic (exact) mass is 234 g/mol. The van der Waals surface area contributed by atoms with Crippen molar-refractivity contribution in [2.75, 3.05) is 0 Å². The van der Waals surface area contributed by atoms with Crippen molar-refractivity contribution < 1.29 is 9.53 Å². The minimum absolute atomic E-state index is 0.238. The average molecular weight is 234 g/mol. The van der Waals surface area contributed by atoms with Gasteiger partial charge in [0, 0.05) is 12.8 Å². The summed E-state index contributed by atoms with van der Waals surface area (Å²) in [5.41, 5.74) is 1.69. The highest BCUT2D eigenvalue weighted by molar-refractivity contribution is 5.93. The number of Topliss-reactive ketones (excluding diaryl/α,β-unsaturated/α-hetero) is 1. The Morgan fingerprint density at radius 3 is 2.41 bits per heavy atom. The van der Waals surface area contributed by atoms with Crippen LogP contribution in [0.25, 0.3) is 0 Å². The molecule has 0 bridgehead atoms. The molecule has 17 heavy (non-hydrogen) atoms. The van der Waals surface area contributed by atoms with Crippen molar-refractivity contribution in [2.24, 2.45) is 0 Å². The number of carbonyl (C=O) groups excluding carboxylic acids is 1. The Balaban J connectivity index is 2.27. The minimum atomic E-state index is -0.555. The number of ketones is 1. The van der Waals surface area contributed by atoms with Crippen LogP contribution in [-0.2, 0) is 9.53 Å². The summed E-state index contributed by atoms with van der Waals surface area (Å²) in [4.78, 5) is 12.4. The van der Waals surface area contributed by atoms with E-state index in [4.69, 9.17) is 4.74 Å². The average Bonchev–Trinajstić information content (AvgIpc) is 2.78. The first-order valence-electron chi connectivity index (χ1n) is 6.42. The van der Waals surface area contributed by atoms with Gasteiger partial charge in [-0.3, -0.25) is 4.79 Å². The summed E-state index contributed by atoms with van der Waals surface area (Å²) in [6.07, 6.45) is 7.76. The molecule has 0 aromatic rings. The quantitative estimate of drug-likeness (QED) is 0.473. The second-order valence-corrected chi connectivity index (χ2v) is 5.88. The van der Waals surface area contributed by atoms with Gasteiger partial charge in [0.1, 0.15) is 5.60 Å². The van der Waals surface area contributed by atoms with Crippen molar-refractivity contribution in [1.82, 2.24) is 0 Å². The maximum atomic E-state index is 12.4. The minimum Gasteiger partial charge on any atom is -0.354 e. The summed E-state index contributed by atoms with van der Waals surface area (Å²) in [5, 5.41) is 0. The Bertz CT molecular complexity index is 401. The third-order valence-corrected chi connectivity index (χ3v) is 4.02. The smallest absolute Gasteiger partial charge is 0.171 e. The molecule has 0 aromatic carbocycles. The standard InChI is InChI=1S/C15H22O2/c1-11-6-5-7-12(2)10-13(16)15(9-8-11)14(3,4)17-15/h7-8H,5-6,9-10H2,1-4H3/b11-8+,12-7+. The Morgan fingerprint density at radius 1 is 1.18 bits per heavy atom. The molecule has 2 rings (SSSR count). The molecule has 2 aliphatic rings. The number of hydrogen-bond donors (Lipinski definition) is 0. The van der Waals surface area contributed by atoms with E-state index in [-0.39, 0.29) is 11.4 Å². The first-order valence-corrected chi connectivity index (χ1v) is 6.42. The van der Waals surface area contributed by atoms with Crippen LogP contribution in [0.4, 0.5) is 0 Å². The van der Waals surface area contributed by atoms with Crippen LogP contribution >= 0.6 is 0 Å². The Morgan fingerprint density at radius 2 is 1.82 bits per heavy atom. The van der Waals surface area contributed by atoms with Crippen molar-refractivity contribution in [3.63, 3.8) is 0 Å². The second-order valence-electron chi connectivity index (χ2n) is 5.88. The summed E-state index contributed by atoms with van der Waals surface area (Å²) >= 11 is 0. The van der Waals surface area contributed by atoms with Gasteiger partial charge in [-0.05, 0) is 40.5 Å². The van der Waals surface area contributed by atoms with Crippen LogP contribution < -0.4 is 0 Å². The molecule has 1 spiro atoms. The maximum Gasteiger partial charge on any atom is 0.171 e. The van der Waals surface area contributed by atoms with E-state index < -0.39 is 5.60 Å². The zero-order valence-corrected chi connectivity index (χ0v) is 11.3. The number of allylic oxidation sites excluding steroid dienone is 3. The van der Waals surface area contributed by atoms with Gasteiger partial charge in [-0.25, -0.2) is 0 Å². The molecule has 0 radical (unpaired) electrons. The lowest BCUT2D eigenvalue weighted by atomic mass is 9.84. The highest BCUT2D eigenvalue weighted by Crippen LogP contribution is 2.52. The van der Waals surface area contributed by atoms with Gasteiger partial charge in [-0.1, -0.05) is 23.3 Å². The van der Waals surface area contributed by atoms with Gasteiger partial charge in [-0.15, -0.1) is 0 Å². The Kier molecular flexibility index (Phi) is 3.03. The third-order valence-electron chi connectivity index (χ3n) is 4.02. The molecule has 0 amide bonds. The molecule has 1 heterocycles. The van der Waals surface area contributed by atoms with Gasteiger partial charge in [0.05, 0.1) is 0 Å².